The average molecular weight is 264 g/mol. The summed E-state index contributed by atoms with van der Waals surface area (Å²) in [6, 6.07) is 5.62. The number of aryl methyl sites for hydroxylation is 1. The molecule has 18 heavy (non-hydrogen) atoms. The van der Waals surface area contributed by atoms with Gasteiger partial charge in [0.2, 0.25) is 5.95 Å². The molecule has 2 heterocycles. The molecule has 2 aromatic heterocycles. The molecule has 0 radical (unpaired) electrons. The van der Waals surface area contributed by atoms with Crippen LogP contribution in [0.3, 0.4) is 0 Å². The lowest BCUT2D eigenvalue weighted by Gasteiger charge is -2.09. The Balaban J connectivity index is 2.11. The molecule has 0 saturated heterocycles. The second kappa shape index (κ2) is 5.64. The highest BCUT2D eigenvalue weighted by Crippen LogP contribution is 2.14. The van der Waals surface area contributed by atoms with Crippen molar-refractivity contribution in [2.24, 2.45) is 0 Å². The molecule has 0 atom stereocenters. The predicted octanol–water partition coefficient (Wildman–Crippen LogP) is 2.28. The van der Waals surface area contributed by atoms with E-state index in [-0.39, 0.29) is 5.95 Å². The molecular weight excluding hydrogens is 250 g/mol. The van der Waals surface area contributed by atoms with E-state index in [2.05, 4.69) is 33.3 Å². The molecule has 0 aliphatic carbocycles. The molecule has 0 aliphatic rings. The SMILES string of the molecule is CCc1cccnc1CNc1cc(Cl)nc(N)n1. The molecule has 0 amide bonds. The zero-order chi connectivity index (χ0) is 13.0. The van der Waals surface area contributed by atoms with Crippen LogP contribution in [0.2, 0.25) is 5.15 Å². The maximum atomic E-state index is 5.80. The zero-order valence-electron chi connectivity index (χ0n) is 10.0. The van der Waals surface area contributed by atoms with Gasteiger partial charge in [-0.05, 0) is 18.1 Å². The summed E-state index contributed by atoms with van der Waals surface area (Å²) in [7, 11) is 0. The molecule has 0 unspecified atom stereocenters. The van der Waals surface area contributed by atoms with E-state index in [0.717, 1.165) is 12.1 Å². The van der Waals surface area contributed by atoms with E-state index in [4.69, 9.17) is 17.3 Å². The van der Waals surface area contributed by atoms with Crippen molar-refractivity contribution in [2.75, 3.05) is 11.1 Å². The van der Waals surface area contributed by atoms with Gasteiger partial charge in [0, 0.05) is 12.3 Å². The Morgan fingerprint density at radius 2 is 2.22 bits per heavy atom. The number of pyridine rings is 1. The number of hydrogen-bond donors (Lipinski definition) is 2. The highest BCUT2D eigenvalue weighted by atomic mass is 35.5. The maximum Gasteiger partial charge on any atom is 0.223 e. The third kappa shape index (κ3) is 3.07. The van der Waals surface area contributed by atoms with Crippen molar-refractivity contribution in [3.8, 4) is 0 Å². The molecule has 0 aliphatic heterocycles. The first-order chi connectivity index (χ1) is 8.69. The number of halogens is 1. The fourth-order valence-electron chi connectivity index (χ4n) is 1.65. The Hall–Kier alpha value is -1.88. The second-order valence-electron chi connectivity index (χ2n) is 3.75. The number of nitrogen functional groups attached to an aromatic ring is 1. The van der Waals surface area contributed by atoms with Crippen molar-refractivity contribution in [3.63, 3.8) is 0 Å². The third-order valence-electron chi connectivity index (χ3n) is 2.51. The van der Waals surface area contributed by atoms with Crippen LogP contribution in [0.4, 0.5) is 11.8 Å². The largest absolute Gasteiger partial charge is 0.368 e. The first kappa shape index (κ1) is 12.6. The van der Waals surface area contributed by atoms with E-state index >= 15 is 0 Å². The Kier molecular flexibility index (Phi) is 3.94. The van der Waals surface area contributed by atoms with E-state index < -0.39 is 0 Å². The van der Waals surface area contributed by atoms with E-state index in [1.54, 1.807) is 12.3 Å². The van der Waals surface area contributed by atoms with E-state index in [0.29, 0.717) is 17.5 Å². The smallest absolute Gasteiger partial charge is 0.223 e. The topological polar surface area (TPSA) is 76.7 Å². The van der Waals surface area contributed by atoms with Gasteiger partial charge in [0.25, 0.3) is 0 Å². The Morgan fingerprint density at radius 3 is 2.94 bits per heavy atom. The predicted molar refractivity (Wildman–Crippen MR) is 72.4 cm³/mol. The molecule has 0 fully saturated rings. The minimum Gasteiger partial charge on any atom is -0.368 e. The lowest BCUT2D eigenvalue weighted by Crippen LogP contribution is -2.07. The molecule has 2 rings (SSSR count). The first-order valence-corrected chi connectivity index (χ1v) is 6.03. The van der Waals surface area contributed by atoms with Gasteiger partial charge in [0.1, 0.15) is 11.0 Å². The lowest BCUT2D eigenvalue weighted by atomic mass is 10.1. The minimum absolute atomic E-state index is 0.154. The Bertz CT molecular complexity index is 523. The van der Waals surface area contributed by atoms with Gasteiger partial charge in [-0.15, -0.1) is 0 Å². The van der Waals surface area contributed by atoms with Gasteiger partial charge in [-0.3, -0.25) is 4.98 Å². The molecule has 0 bridgehead atoms. The number of rotatable bonds is 4. The lowest BCUT2D eigenvalue weighted by molar-refractivity contribution is 0.962. The van der Waals surface area contributed by atoms with Crippen LogP contribution in [0.15, 0.2) is 24.4 Å². The molecule has 94 valence electrons. The van der Waals surface area contributed by atoms with Crippen molar-refractivity contribution < 1.29 is 0 Å². The van der Waals surface area contributed by atoms with Crippen LogP contribution < -0.4 is 11.1 Å². The fraction of sp³-hybridized carbons (Fsp3) is 0.250. The van der Waals surface area contributed by atoms with Crippen molar-refractivity contribution in [1.29, 1.82) is 0 Å². The van der Waals surface area contributed by atoms with Crippen LogP contribution in [0.25, 0.3) is 0 Å². The van der Waals surface area contributed by atoms with Crippen LogP contribution in [0.1, 0.15) is 18.2 Å². The van der Waals surface area contributed by atoms with Crippen molar-refractivity contribution >= 4 is 23.4 Å². The number of hydrogen-bond acceptors (Lipinski definition) is 5. The zero-order valence-corrected chi connectivity index (χ0v) is 10.8. The number of nitrogens with two attached hydrogens (primary N) is 1. The number of nitrogens with zero attached hydrogens (tertiary/aromatic N) is 3. The van der Waals surface area contributed by atoms with E-state index in [1.807, 2.05) is 6.07 Å². The van der Waals surface area contributed by atoms with Crippen molar-refractivity contribution in [2.45, 2.75) is 19.9 Å². The maximum absolute atomic E-state index is 5.80. The summed E-state index contributed by atoms with van der Waals surface area (Å²) in [5.74, 6) is 0.752. The van der Waals surface area contributed by atoms with Crippen LogP contribution >= 0.6 is 11.6 Å². The van der Waals surface area contributed by atoms with Gasteiger partial charge in [-0.2, -0.15) is 4.98 Å². The molecular formula is C12H14ClN5. The highest BCUT2D eigenvalue weighted by molar-refractivity contribution is 6.29. The normalized spacial score (nSPS) is 10.3. The van der Waals surface area contributed by atoms with E-state index in [1.165, 1.54) is 5.56 Å². The van der Waals surface area contributed by atoms with Gasteiger partial charge in [-0.1, -0.05) is 24.6 Å². The van der Waals surface area contributed by atoms with Crippen molar-refractivity contribution in [1.82, 2.24) is 15.0 Å². The molecule has 2 aromatic rings. The summed E-state index contributed by atoms with van der Waals surface area (Å²) >= 11 is 5.80. The van der Waals surface area contributed by atoms with Crippen LogP contribution in [0, 0.1) is 0 Å². The third-order valence-corrected chi connectivity index (χ3v) is 2.71. The molecule has 0 saturated carbocycles. The molecule has 3 N–H and O–H groups in total. The number of aromatic nitrogens is 3. The number of nitrogens with one attached hydrogen (secondary N) is 1. The van der Waals surface area contributed by atoms with Crippen LogP contribution in [-0.2, 0) is 13.0 Å². The Morgan fingerprint density at radius 1 is 1.39 bits per heavy atom. The molecule has 0 spiro atoms. The summed E-state index contributed by atoms with van der Waals surface area (Å²) < 4.78 is 0. The monoisotopic (exact) mass is 263 g/mol. The van der Waals surface area contributed by atoms with Crippen molar-refractivity contribution in [3.05, 3.63) is 40.8 Å². The van der Waals surface area contributed by atoms with Gasteiger partial charge in [0.05, 0.1) is 12.2 Å². The van der Waals surface area contributed by atoms with Crippen LogP contribution in [0.5, 0.6) is 0 Å². The average Bonchev–Trinajstić information content (AvgIpc) is 2.35. The summed E-state index contributed by atoms with van der Waals surface area (Å²) in [4.78, 5) is 12.2. The summed E-state index contributed by atoms with van der Waals surface area (Å²) in [5, 5.41) is 3.46. The Labute approximate surface area is 110 Å². The quantitative estimate of drug-likeness (QED) is 0.828. The van der Waals surface area contributed by atoms with Gasteiger partial charge >= 0.3 is 0 Å². The van der Waals surface area contributed by atoms with E-state index in [9.17, 15) is 0 Å². The van der Waals surface area contributed by atoms with Gasteiger partial charge in [0.15, 0.2) is 0 Å². The summed E-state index contributed by atoms with van der Waals surface area (Å²) in [6.45, 7) is 2.68. The first-order valence-electron chi connectivity index (χ1n) is 5.65. The van der Waals surface area contributed by atoms with Gasteiger partial charge < -0.3 is 11.1 Å². The fourth-order valence-corrected chi connectivity index (χ4v) is 1.84. The van der Waals surface area contributed by atoms with Crippen LogP contribution in [-0.4, -0.2) is 15.0 Å². The number of anilines is 2. The van der Waals surface area contributed by atoms with Gasteiger partial charge in [-0.25, -0.2) is 4.98 Å². The minimum atomic E-state index is 0.154. The summed E-state index contributed by atoms with van der Waals surface area (Å²) in [5.41, 5.74) is 7.72. The molecule has 0 aromatic carbocycles. The second-order valence-corrected chi connectivity index (χ2v) is 4.14. The standard InChI is InChI=1S/C12H14ClN5/c1-2-8-4-3-5-15-9(8)7-16-11-6-10(13)17-12(14)18-11/h3-6H,2,7H2,1H3,(H3,14,16,17,18). The molecule has 6 heteroatoms. The summed E-state index contributed by atoms with van der Waals surface area (Å²) in [6.07, 6.45) is 2.72. The highest BCUT2D eigenvalue weighted by Gasteiger charge is 2.03. The molecule has 5 nitrogen and oxygen atoms in total.